The third kappa shape index (κ3) is 3.76. The molecule has 132 valence electrons. The minimum atomic E-state index is -0.177. The van der Waals surface area contributed by atoms with Gasteiger partial charge in [0.1, 0.15) is 0 Å². The third-order valence-corrected chi connectivity index (χ3v) is 5.47. The van der Waals surface area contributed by atoms with Crippen molar-refractivity contribution in [2.24, 2.45) is 0 Å². The smallest absolute Gasteiger partial charge is 0.240 e. The lowest BCUT2D eigenvalue weighted by Gasteiger charge is -2.31. The fourth-order valence-corrected chi connectivity index (χ4v) is 4.08. The minimum absolute atomic E-state index is 0.145. The fraction of sp³-hybridized carbons (Fsp3) is 0.350. The molecule has 2 aromatic carbocycles. The van der Waals surface area contributed by atoms with Gasteiger partial charge in [-0.2, -0.15) is 0 Å². The summed E-state index contributed by atoms with van der Waals surface area (Å²) < 4.78 is 10.6. The first-order valence-corrected chi connectivity index (χ1v) is 9.30. The Labute approximate surface area is 153 Å². The predicted molar refractivity (Wildman–Crippen MR) is 102 cm³/mol. The van der Waals surface area contributed by atoms with Crippen molar-refractivity contribution in [3.63, 3.8) is 0 Å². The van der Waals surface area contributed by atoms with Crippen LogP contribution < -0.4 is 14.4 Å². The molecule has 1 aliphatic rings. The summed E-state index contributed by atoms with van der Waals surface area (Å²) in [6.45, 7) is 2.74. The van der Waals surface area contributed by atoms with E-state index in [1.165, 1.54) is 5.56 Å². The molecule has 0 fully saturated rings. The molecule has 0 saturated carbocycles. The highest BCUT2D eigenvalue weighted by atomic mass is 32.2. The summed E-state index contributed by atoms with van der Waals surface area (Å²) >= 11 is 1.54. The van der Waals surface area contributed by atoms with Gasteiger partial charge in [-0.25, -0.2) is 0 Å². The Morgan fingerprint density at radius 3 is 2.64 bits per heavy atom. The number of nitrogens with zero attached hydrogens (tertiary/aromatic N) is 1. The van der Waals surface area contributed by atoms with Crippen molar-refractivity contribution >= 4 is 23.4 Å². The van der Waals surface area contributed by atoms with Gasteiger partial charge in [-0.3, -0.25) is 4.79 Å². The van der Waals surface area contributed by atoms with Crippen molar-refractivity contribution in [1.29, 1.82) is 0 Å². The molecule has 3 rings (SSSR count). The van der Waals surface area contributed by atoms with Crippen LogP contribution in [0, 0.1) is 0 Å². The minimum Gasteiger partial charge on any atom is -0.493 e. The van der Waals surface area contributed by atoms with Crippen molar-refractivity contribution in [3.05, 3.63) is 48.0 Å². The molecule has 1 aliphatic heterocycles. The average Bonchev–Trinajstić information content (AvgIpc) is 2.66. The van der Waals surface area contributed by atoms with Gasteiger partial charge in [0.05, 0.1) is 19.5 Å². The Hall–Kier alpha value is -2.14. The number of thioether (sulfide) groups is 1. The van der Waals surface area contributed by atoms with Gasteiger partial charge in [0.15, 0.2) is 11.5 Å². The number of rotatable bonds is 5. The molecule has 0 bridgehead atoms. The van der Waals surface area contributed by atoms with Crippen molar-refractivity contribution in [1.82, 2.24) is 0 Å². The van der Waals surface area contributed by atoms with Gasteiger partial charge in [-0.15, -0.1) is 11.8 Å². The number of anilines is 1. The van der Waals surface area contributed by atoms with Crippen LogP contribution in [0.3, 0.4) is 0 Å². The van der Waals surface area contributed by atoms with E-state index < -0.39 is 0 Å². The van der Waals surface area contributed by atoms with Gasteiger partial charge in [0.2, 0.25) is 5.91 Å². The first-order chi connectivity index (χ1) is 12.1. The molecular weight excluding hydrogens is 334 g/mol. The number of hydrogen-bond donors (Lipinski definition) is 0. The summed E-state index contributed by atoms with van der Waals surface area (Å²) in [6, 6.07) is 13.9. The van der Waals surface area contributed by atoms with E-state index >= 15 is 0 Å². The average molecular weight is 357 g/mol. The number of fused-ring (bicyclic) bond motifs is 1. The van der Waals surface area contributed by atoms with E-state index in [9.17, 15) is 4.79 Å². The zero-order valence-electron chi connectivity index (χ0n) is 14.8. The molecular formula is C20H23NO3S. The normalized spacial score (nSPS) is 14.6. The van der Waals surface area contributed by atoms with Crippen LogP contribution in [0.15, 0.2) is 47.4 Å². The van der Waals surface area contributed by atoms with Crippen LogP contribution in [0.5, 0.6) is 11.5 Å². The molecule has 1 amide bonds. The topological polar surface area (TPSA) is 38.8 Å². The summed E-state index contributed by atoms with van der Waals surface area (Å²) in [7, 11) is 3.23. The number of hydrogen-bond acceptors (Lipinski definition) is 4. The monoisotopic (exact) mass is 357 g/mol. The summed E-state index contributed by atoms with van der Waals surface area (Å²) in [4.78, 5) is 15.9. The molecule has 0 spiro atoms. The molecule has 0 radical (unpaired) electrons. The second-order valence-electron chi connectivity index (χ2n) is 6.00. The maximum Gasteiger partial charge on any atom is 0.240 e. The quantitative estimate of drug-likeness (QED) is 0.753. The van der Waals surface area contributed by atoms with E-state index in [0.717, 1.165) is 30.0 Å². The van der Waals surface area contributed by atoms with Crippen molar-refractivity contribution in [3.8, 4) is 11.5 Å². The number of aryl methyl sites for hydroxylation is 1. The molecule has 1 atom stereocenters. The summed E-state index contributed by atoms with van der Waals surface area (Å²) in [5.74, 6) is 1.51. The number of amides is 1. The molecule has 1 unspecified atom stereocenters. The lowest BCUT2D eigenvalue weighted by atomic mass is 10.0. The van der Waals surface area contributed by atoms with E-state index in [1.807, 2.05) is 48.2 Å². The van der Waals surface area contributed by atoms with Gasteiger partial charge in [-0.1, -0.05) is 18.2 Å². The molecule has 1 heterocycles. The van der Waals surface area contributed by atoms with Crippen molar-refractivity contribution in [2.75, 3.05) is 25.7 Å². The number of benzene rings is 2. The van der Waals surface area contributed by atoms with Crippen LogP contribution in [0.2, 0.25) is 0 Å². The molecule has 0 aromatic heterocycles. The fourth-order valence-electron chi connectivity index (χ4n) is 3.13. The lowest BCUT2D eigenvalue weighted by Crippen LogP contribution is -2.40. The van der Waals surface area contributed by atoms with Crippen LogP contribution in [-0.2, 0) is 11.2 Å². The van der Waals surface area contributed by atoms with Gasteiger partial charge < -0.3 is 14.4 Å². The Morgan fingerprint density at radius 2 is 1.88 bits per heavy atom. The van der Waals surface area contributed by atoms with E-state index in [4.69, 9.17) is 9.47 Å². The van der Waals surface area contributed by atoms with E-state index in [2.05, 4.69) is 6.07 Å². The van der Waals surface area contributed by atoms with Crippen molar-refractivity contribution in [2.45, 2.75) is 29.9 Å². The van der Waals surface area contributed by atoms with Crippen LogP contribution in [-0.4, -0.2) is 31.9 Å². The second-order valence-corrected chi connectivity index (χ2v) is 7.41. The first kappa shape index (κ1) is 17.7. The molecule has 4 nitrogen and oxygen atoms in total. The maximum atomic E-state index is 13.0. The Balaban J connectivity index is 1.76. The van der Waals surface area contributed by atoms with Crippen molar-refractivity contribution < 1.29 is 14.3 Å². The Bertz CT molecular complexity index is 762. The number of methoxy groups -OCH3 is 2. The van der Waals surface area contributed by atoms with Gasteiger partial charge in [0.25, 0.3) is 0 Å². The van der Waals surface area contributed by atoms with Gasteiger partial charge in [-0.05, 0) is 49.6 Å². The standard InChI is InChI=1S/C20H23NO3S/c1-14(25-16-10-11-18(23-2)19(13-16)24-3)20(22)21-12-6-8-15-7-4-5-9-17(15)21/h4-5,7,9-11,13-14H,6,8,12H2,1-3H3. The second kappa shape index (κ2) is 7.83. The Kier molecular flexibility index (Phi) is 5.53. The predicted octanol–water partition coefficient (Wildman–Crippen LogP) is 4.16. The highest BCUT2D eigenvalue weighted by Crippen LogP contribution is 2.35. The molecule has 0 aliphatic carbocycles. The van der Waals surface area contributed by atoms with Crippen LogP contribution in [0.25, 0.3) is 0 Å². The summed E-state index contributed by atoms with van der Waals surface area (Å²) in [5.41, 5.74) is 2.31. The molecule has 5 heteroatoms. The SMILES string of the molecule is COc1ccc(SC(C)C(=O)N2CCCc3ccccc32)cc1OC. The zero-order chi connectivity index (χ0) is 17.8. The molecule has 0 saturated heterocycles. The number of ether oxygens (including phenoxy) is 2. The maximum absolute atomic E-state index is 13.0. The first-order valence-electron chi connectivity index (χ1n) is 8.42. The van der Waals surface area contributed by atoms with Gasteiger partial charge >= 0.3 is 0 Å². The molecule has 25 heavy (non-hydrogen) atoms. The number of carbonyl (C=O) groups is 1. The number of para-hydroxylation sites is 1. The van der Waals surface area contributed by atoms with Crippen LogP contribution in [0.1, 0.15) is 18.9 Å². The Morgan fingerprint density at radius 1 is 1.12 bits per heavy atom. The largest absolute Gasteiger partial charge is 0.493 e. The molecule has 2 aromatic rings. The van der Waals surface area contributed by atoms with E-state index in [-0.39, 0.29) is 11.2 Å². The molecule has 0 N–H and O–H groups in total. The zero-order valence-corrected chi connectivity index (χ0v) is 15.6. The lowest BCUT2D eigenvalue weighted by molar-refractivity contribution is -0.117. The van der Waals surface area contributed by atoms with E-state index in [0.29, 0.717) is 11.5 Å². The number of carbonyl (C=O) groups excluding carboxylic acids is 1. The van der Waals surface area contributed by atoms with Gasteiger partial charge in [0, 0.05) is 17.1 Å². The summed E-state index contributed by atoms with van der Waals surface area (Å²) in [5, 5.41) is -0.177. The van der Waals surface area contributed by atoms with E-state index in [1.54, 1.807) is 26.0 Å². The highest BCUT2D eigenvalue weighted by molar-refractivity contribution is 8.00. The highest BCUT2D eigenvalue weighted by Gasteiger charge is 2.26. The van der Waals surface area contributed by atoms with Crippen LogP contribution in [0.4, 0.5) is 5.69 Å². The summed E-state index contributed by atoms with van der Waals surface area (Å²) in [6.07, 6.45) is 2.05. The third-order valence-electron chi connectivity index (χ3n) is 4.39. The van der Waals surface area contributed by atoms with Crippen LogP contribution >= 0.6 is 11.8 Å².